The van der Waals surface area contributed by atoms with Gasteiger partial charge in [-0.15, -0.1) is 5.10 Å². The first-order valence-electron chi connectivity index (χ1n) is 9.19. The molecule has 172 valence electrons. The standard InChI is InChI=1S/C15H22ClN6O7PS/c1-3-9-11(16)18-12(22(9)7-29-30(25,26)27)13(23)17-8-4-5-21(6-10(8)28-2)14-19-20-15(24)31-14/h8,10H,3-7H2,1-2H3,(H,17,23)(H,20,24)(H2,25,26,27)/t8-,10+/m1/s1. The number of carbonyl (C=O) groups is 1. The molecule has 0 unspecified atom stereocenters. The summed E-state index contributed by atoms with van der Waals surface area (Å²) in [6, 6.07) is -0.369. The first-order valence-corrected chi connectivity index (χ1v) is 11.9. The minimum atomic E-state index is -4.76. The zero-order valence-electron chi connectivity index (χ0n) is 16.6. The maximum Gasteiger partial charge on any atom is 0.471 e. The lowest BCUT2D eigenvalue weighted by Gasteiger charge is -2.37. The molecule has 3 rings (SSSR count). The van der Waals surface area contributed by atoms with Gasteiger partial charge in [-0.05, 0) is 24.2 Å². The number of phosphoric ester groups is 1. The molecule has 0 saturated carbocycles. The van der Waals surface area contributed by atoms with E-state index in [-0.39, 0.29) is 28.3 Å². The van der Waals surface area contributed by atoms with Gasteiger partial charge >= 0.3 is 7.82 Å². The molecule has 0 bridgehead atoms. The summed E-state index contributed by atoms with van der Waals surface area (Å²) >= 11 is 7.15. The summed E-state index contributed by atoms with van der Waals surface area (Å²) in [4.78, 5) is 36.9. The number of aromatic hydroxyl groups is 1. The number of rotatable bonds is 8. The van der Waals surface area contributed by atoms with Gasteiger partial charge in [0.05, 0.1) is 17.8 Å². The van der Waals surface area contributed by atoms with Crippen LogP contribution in [0.3, 0.4) is 0 Å². The van der Waals surface area contributed by atoms with Gasteiger partial charge in [0.2, 0.25) is 11.0 Å². The molecule has 0 radical (unpaired) electrons. The Hall–Kier alpha value is -1.80. The van der Waals surface area contributed by atoms with E-state index in [4.69, 9.17) is 26.1 Å². The number of methoxy groups -OCH3 is 1. The Labute approximate surface area is 186 Å². The van der Waals surface area contributed by atoms with E-state index in [0.717, 1.165) is 11.3 Å². The monoisotopic (exact) mass is 496 g/mol. The van der Waals surface area contributed by atoms with Crippen LogP contribution in [0.4, 0.5) is 5.13 Å². The van der Waals surface area contributed by atoms with Crippen LogP contribution < -0.4 is 10.2 Å². The summed E-state index contributed by atoms with van der Waals surface area (Å²) in [5.41, 5.74) is 0.412. The number of halogens is 1. The van der Waals surface area contributed by atoms with Gasteiger partial charge < -0.3 is 29.8 Å². The number of nitrogens with one attached hydrogen (secondary N) is 1. The summed E-state index contributed by atoms with van der Waals surface area (Å²) in [6.45, 7) is 2.13. The van der Waals surface area contributed by atoms with Crippen molar-refractivity contribution in [3.05, 3.63) is 16.7 Å². The molecule has 16 heteroatoms. The van der Waals surface area contributed by atoms with Crippen LogP contribution >= 0.6 is 30.8 Å². The predicted molar refractivity (Wildman–Crippen MR) is 110 cm³/mol. The van der Waals surface area contributed by atoms with Crippen molar-refractivity contribution in [2.75, 3.05) is 25.1 Å². The van der Waals surface area contributed by atoms with Gasteiger partial charge in [0.25, 0.3) is 11.1 Å². The number of nitrogens with zero attached hydrogens (tertiary/aromatic N) is 5. The molecule has 3 heterocycles. The molecule has 0 aromatic carbocycles. The molecule has 1 saturated heterocycles. The van der Waals surface area contributed by atoms with Crippen molar-refractivity contribution >= 4 is 41.8 Å². The Morgan fingerprint density at radius 1 is 1.42 bits per heavy atom. The molecule has 0 spiro atoms. The smallest absolute Gasteiger partial charge is 0.471 e. The minimum Gasteiger partial charge on any atom is -0.484 e. The van der Waals surface area contributed by atoms with Crippen molar-refractivity contribution < 1.29 is 33.5 Å². The van der Waals surface area contributed by atoms with Crippen molar-refractivity contribution in [2.45, 2.75) is 38.6 Å². The van der Waals surface area contributed by atoms with Crippen LogP contribution in [-0.2, 0) is 27.0 Å². The van der Waals surface area contributed by atoms with E-state index in [1.165, 1.54) is 11.7 Å². The van der Waals surface area contributed by atoms with Crippen LogP contribution in [-0.4, -0.2) is 72.9 Å². The maximum absolute atomic E-state index is 12.9. The number of phosphoric acid groups is 1. The fraction of sp³-hybridized carbons (Fsp3) is 0.600. The first kappa shape index (κ1) is 23.9. The third-order valence-electron chi connectivity index (χ3n) is 4.77. The molecule has 1 amide bonds. The normalized spacial score (nSPS) is 19.6. The predicted octanol–water partition coefficient (Wildman–Crippen LogP) is 0.746. The second kappa shape index (κ2) is 9.77. The maximum atomic E-state index is 12.9. The number of amides is 1. The SMILES string of the molecule is CCc1c(Cl)nc(C(=O)N[C@@H]2CCN(c3nnc(O)s3)C[C@@H]2OC)n1COP(=O)(O)O. The van der Waals surface area contributed by atoms with E-state index >= 15 is 0 Å². The van der Waals surface area contributed by atoms with E-state index in [1.54, 1.807) is 6.92 Å². The largest absolute Gasteiger partial charge is 0.484 e. The van der Waals surface area contributed by atoms with Gasteiger partial charge in [0.1, 0.15) is 6.73 Å². The van der Waals surface area contributed by atoms with Gasteiger partial charge in [0, 0.05) is 20.2 Å². The second-order valence-corrected chi connectivity index (χ2v) is 9.19. The molecule has 2 atom stereocenters. The van der Waals surface area contributed by atoms with E-state index in [9.17, 15) is 14.5 Å². The number of imidazole rings is 1. The molecule has 31 heavy (non-hydrogen) atoms. The summed E-state index contributed by atoms with van der Waals surface area (Å²) < 4.78 is 22.4. The van der Waals surface area contributed by atoms with E-state index in [1.807, 2.05) is 4.90 Å². The van der Waals surface area contributed by atoms with Crippen molar-refractivity contribution in [1.29, 1.82) is 0 Å². The average molecular weight is 497 g/mol. The number of hydrogen-bond acceptors (Lipinski definition) is 10. The van der Waals surface area contributed by atoms with Crippen LogP contribution in [0, 0.1) is 0 Å². The summed E-state index contributed by atoms with van der Waals surface area (Å²) in [6.07, 6.45) is 0.496. The Bertz CT molecular complexity index is 981. The Kier molecular flexibility index (Phi) is 7.52. The fourth-order valence-corrected chi connectivity index (χ4v) is 4.51. The molecule has 2 aromatic rings. The average Bonchev–Trinajstić information content (AvgIpc) is 3.28. The number of hydrogen-bond donors (Lipinski definition) is 4. The summed E-state index contributed by atoms with van der Waals surface area (Å²) in [5.74, 6) is -0.702. The number of ether oxygens (including phenoxy) is 1. The lowest BCUT2D eigenvalue weighted by Crippen LogP contribution is -2.55. The van der Waals surface area contributed by atoms with Crippen molar-refractivity contribution in [3.8, 4) is 5.19 Å². The lowest BCUT2D eigenvalue weighted by atomic mass is 10.0. The quantitative estimate of drug-likeness (QED) is 0.380. The van der Waals surface area contributed by atoms with Crippen LogP contribution in [0.15, 0.2) is 0 Å². The Morgan fingerprint density at radius 2 is 2.16 bits per heavy atom. The topological polar surface area (TPSA) is 172 Å². The Balaban J connectivity index is 1.74. The molecule has 0 aliphatic carbocycles. The molecular formula is C15H22ClN6O7PS. The molecular weight excluding hydrogens is 475 g/mol. The van der Waals surface area contributed by atoms with Gasteiger partial charge in [-0.1, -0.05) is 23.6 Å². The fourth-order valence-electron chi connectivity index (χ4n) is 3.30. The highest BCUT2D eigenvalue weighted by Crippen LogP contribution is 2.37. The molecule has 4 N–H and O–H groups in total. The van der Waals surface area contributed by atoms with Crippen LogP contribution in [0.5, 0.6) is 5.19 Å². The van der Waals surface area contributed by atoms with Crippen molar-refractivity contribution in [3.63, 3.8) is 0 Å². The van der Waals surface area contributed by atoms with E-state index in [2.05, 4.69) is 25.0 Å². The minimum absolute atomic E-state index is 0.0520. The highest BCUT2D eigenvalue weighted by atomic mass is 35.5. The van der Waals surface area contributed by atoms with Crippen LogP contribution in [0.1, 0.15) is 29.7 Å². The van der Waals surface area contributed by atoms with Crippen LogP contribution in [0.2, 0.25) is 5.15 Å². The molecule has 13 nitrogen and oxygen atoms in total. The molecule has 1 fully saturated rings. The van der Waals surface area contributed by atoms with Crippen molar-refractivity contribution in [2.24, 2.45) is 0 Å². The second-order valence-electron chi connectivity index (χ2n) is 6.66. The molecule has 1 aliphatic rings. The third-order valence-corrected chi connectivity index (χ3v) is 6.31. The number of piperidine rings is 1. The van der Waals surface area contributed by atoms with E-state index < -0.39 is 20.5 Å². The summed E-state index contributed by atoms with van der Waals surface area (Å²) in [5, 5.41) is 20.2. The number of anilines is 1. The molecule has 2 aromatic heterocycles. The highest BCUT2D eigenvalue weighted by Gasteiger charge is 2.33. The third kappa shape index (κ3) is 5.71. The zero-order chi connectivity index (χ0) is 22.8. The van der Waals surface area contributed by atoms with Gasteiger partial charge in [-0.2, -0.15) is 0 Å². The van der Waals surface area contributed by atoms with Crippen molar-refractivity contribution in [1.82, 2.24) is 25.1 Å². The van der Waals surface area contributed by atoms with Gasteiger partial charge in [-0.3, -0.25) is 13.9 Å². The first-order chi connectivity index (χ1) is 14.6. The number of aromatic nitrogens is 4. The van der Waals surface area contributed by atoms with E-state index in [0.29, 0.717) is 36.8 Å². The molecule has 1 aliphatic heterocycles. The van der Waals surface area contributed by atoms with Crippen LogP contribution in [0.25, 0.3) is 0 Å². The number of carbonyl (C=O) groups excluding carboxylic acids is 1. The Morgan fingerprint density at radius 3 is 2.74 bits per heavy atom. The highest BCUT2D eigenvalue weighted by molar-refractivity contribution is 7.46. The van der Waals surface area contributed by atoms with Gasteiger partial charge in [-0.25, -0.2) is 9.55 Å². The zero-order valence-corrected chi connectivity index (χ0v) is 19.1. The van der Waals surface area contributed by atoms with Gasteiger partial charge in [0.15, 0.2) is 5.15 Å². The lowest BCUT2D eigenvalue weighted by molar-refractivity contribution is 0.0532. The summed E-state index contributed by atoms with van der Waals surface area (Å²) in [7, 11) is -3.24.